The van der Waals surface area contributed by atoms with E-state index in [9.17, 15) is 4.79 Å². The number of aromatic carboxylic acids is 1. The molecule has 4 heteroatoms. The first-order valence-electron chi connectivity index (χ1n) is 5.94. The van der Waals surface area contributed by atoms with Gasteiger partial charge in [-0.1, -0.05) is 13.8 Å². The Morgan fingerprint density at radius 3 is 2.47 bits per heavy atom. The molecule has 4 nitrogen and oxygen atoms in total. The summed E-state index contributed by atoms with van der Waals surface area (Å²) >= 11 is 0. The molecule has 0 radical (unpaired) electrons. The summed E-state index contributed by atoms with van der Waals surface area (Å²) in [6.45, 7) is 8.41. The SMILES string of the molecule is Cc1cc(C(=O)O)cnc1N1CC(C)C(C)C1. The largest absolute Gasteiger partial charge is 0.478 e. The average molecular weight is 234 g/mol. The zero-order chi connectivity index (χ0) is 12.6. The van der Waals surface area contributed by atoms with Crippen LogP contribution in [0.25, 0.3) is 0 Å². The number of carbonyl (C=O) groups is 1. The lowest BCUT2D eigenvalue weighted by atomic mass is 10.0. The van der Waals surface area contributed by atoms with E-state index >= 15 is 0 Å². The molecular weight excluding hydrogens is 216 g/mol. The predicted molar refractivity (Wildman–Crippen MR) is 66.5 cm³/mol. The fourth-order valence-electron chi connectivity index (χ4n) is 2.32. The standard InChI is InChI=1S/C13H18N2O2/c1-8-4-11(13(16)17)5-14-12(8)15-6-9(2)10(3)7-15/h4-5,9-10H,6-7H2,1-3H3,(H,16,17). The molecule has 1 aromatic heterocycles. The minimum Gasteiger partial charge on any atom is -0.478 e. The summed E-state index contributed by atoms with van der Waals surface area (Å²) < 4.78 is 0. The van der Waals surface area contributed by atoms with Crippen molar-refractivity contribution in [3.05, 3.63) is 23.4 Å². The molecule has 2 atom stereocenters. The van der Waals surface area contributed by atoms with Crippen LogP contribution in [0.5, 0.6) is 0 Å². The molecule has 0 aromatic carbocycles. The van der Waals surface area contributed by atoms with Gasteiger partial charge < -0.3 is 10.0 Å². The highest BCUT2D eigenvalue weighted by Crippen LogP contribution is 2.28. The lowest BCUT2D eigenvalue weighted by Gasteiger charge is -2.19. The number of carboxylic acid groups (broad SMARTS) is 1. The number of anilines is 1. The summed E-state index contributed by atoms with van der Waals surface area (Å²) in [6, 6.07) is 1.69. The van der Waals surface area contributed by atoms with Crippen molar-refractivity contribution in [3.63, 3.8) is 0 Å². The smallest absolute Gasteiger partial charge is 0.337 e. The lowest BCUT2D eigenvalue weighted by Crippen LogP contribution is -2.22. The Morgan fingerprint density at radius 1 is 1.41 bits per heavy atom. The maximum atomic E-state index is 10.8. The van der Waals surface area contributed by atoms with Crippen molar-refractivity contribution in [2.75, 3.05) is 18.0 Å². The number of pyridine rings is 1. The molecular formula is C13H18N2O2. The van der Waals surface area contributed by atoms with Gasteiger partial charge >= 0.3 is 5.97 Å². The molecule has 1 fully saturated rings. The Morgan fingerprint density at radius 2 is 2.00 bits per heavy atom. The van der Waals surface area contributed by atoms with E-state index in [1.165, 1.54) is 6.20 Å². The van der Waals surface area contributed by atoms with Crippen molar-refractivity contribution in [2.24, 2.45) is 11.8 Å². The van der Waals surface area contributed by atoms with E-state index in [0.29, 0.717) is 11.8 Å². The first-order valence-corrected chi connectivity index (χ1v) is 5.94. The molecule has 1 aliphatic rings. The zero-order valence-corrected chi connectivity index (χ0v) is 10.5. The maximum absolute atomic E-state index is 10.8. The highest BCUT2D eigenvalue weighted by atomic mass is 16.4. The maximum Gasteiger partial charge on any atom is 0.337 e. The van der Waals surface area contributed by atoms with Crippen LogP contribution in [0, 0.1) is 18.8 Å². The summed E-state index contributed by atoms with van der Waals surface area (Å²) in [4.78, 5) is 17.4. The number of aryl methyl sites for hydroxylation is 1. The van der Waals surface area contributed by atoms with Crippen molar-refractivity contribution in [1.29, 1.82) is 0 Å². The summed E-state index contributed by atoms with van der Waals surface area (Å²) in [5.74, 6) is 1.33. The van der Waals surface area contributed by atoms with Gasteiger partial charge in [0.2, 0.25) is 0 Å². The molecule has 0 aliphatic carbocycles. The summed E-state index contributed by atoms with van der Waals surface area (Å²) in [7, 11) is 0. The minimum absolute atomic E-state index is 0.256. The normalized spacial score (nSPS) is 24.1. The highest BCUT2D eigenvalue weighted by molar-refractivity contribution is 5.87. The van der Waals surface area contributed by atoms with Crippen molar-refractivity contribution in [3.8, 4) is 0 Å². The number of nitrogens with zero attached hydrogens (tertiary/aromatic N) is 2. The van der Waals surface area contributed by atoms with Gasteiger partial charge in [0.1, 0.15) is 5.82 Å². The number of hydrogen-bond donors (Lipinski definition) is 1. The molecule has 0 amide bonds. The van der Waals surface area contributed by atoms with Gasteiger partial charge in [-0.15, -0.1) is 0 Å². The minimum atomic E-state index is -0.921. The number of hydrogen-bond acceptors (Lipinski definition) is 3. The third kappa shape index (κ3) is 2.25. The van der Waals surface area contributed by atoms with E-state index in [4.69, 9.17) is 5.11 Å². The van der Waals surface area contributed by atoms with Crippen molar-refractivity contribution in [1.82, 2.24) is 4.98 Å². The van der Waals surface area contributed by atoms with Crippen LogP contribution < -0.4 is 4.90 Å². The summed E-state index contributed by atoms with van der Waals surface area (Å²) in [5.41, 5.74) is 1.19. The van der Waals surface area contributed by atoms with E-state index in [-0.39, 0.29) is 5.56 Å². The molecule has 1 aliphatic heterocycles. The Balaban J connectivity index is 2.26. The number of aromatic nitrogens is 1. The molecule has 2 rings (SSSR count). The zero-order valence-electron chi connectivity index (χ0n) is 10.5. The molecule has 0 bridgehead atoms. The quantitative estimate of drug-likeness (QED) is 0.852. The van der Waals surface area contributed by atoms with Gasteiger partial charge in [0, 0.05) is 19.3 Å². The summed E-state index contributed by atoms with van der Waals surface area (Å²) in [5, 5.41) is 8.90. The number of carboxylic acids is 1. The monoisotopic (exact) mass is 234 g/mol. The lowest BCUT2D eigenvalue weighted by molar-refractivity contribution is 0.0696. The molecule has 1 saturated heterocycles. The number of rotatable bonds is 2. The van der Waals surface area contributed by atoms with Gasteiger partial charge in [-0.25, -0.2) is 9.78 Å². The molecule has 1 aromatic rings. The first-order chi connectivity index (χ1) is 7.99. The van der Waals surface area contributed by atoms with Gasteiger partial charge in [0.05, 0.1) is 5.56 Å². The van der Waals surface area contributed by atoms with Crippen LogP contribution in [0.1, 0.15) is 29.8 Å². The third-order valence-electron chi connectivity index (χ3n) is 3.59. The van der Waals surface area contributed by atoms with Gasteiger partial charge in [0.15, 0.2) is 0 Å². The molecule has 0 spiro atoms. The fourth-order valence-corrected chi connectivity index (χ4v) is 2.32. The molecule has 92 valence electrons. The van der Waals surface area contributed by atoms with Crippen LogP contribution in [-0.2, 0) is 0 Å². The van der Waals surface area contributed by atoms with Crippen molar-refractivity contribution in [2.45, 2.75) is 20.8 Å². The Hall–Kier alpha value is -1.58. The van der Waals surface area contributed by atoms with Crippen LogP contribution >= 0.6 is 0 Å². The predicted octanol–water partition coefficient (Wildman–Crippen LogP) is 2.18. The van der Waals surface area contributed by atoms with Crippen molar-refractivity contribution >= 4 is 11.8 Å². The first kappa shape index (κ1) is 11.9. The summed E-state index contributed by atoms with van der Waals surface area (Å²) in [6.07, 6.45) is 1.44. The van der Waals surface area contributed by atoms with E-state index in [0.717, 1.165) is 24.5 Å². The highest BCUT2D eigenvalue weighted by Gasteiger charge is 2.27. The van der Waals surface area contributed by atoms with Gasteiger partial charge in [-0.2, -0.15) is 0 Å². The van der Waals surface area contributed by atoms with Crippen LogP contribution in [0.2, 0.25) is 0 Å². The van der Waals surface area contributed by atoms with Gasteiger partial charge in [0.25, 0.3) is 0 Å². The van der Waals surface area contributed by atoms with Crippen LogP contribution in [0.4, 0.5) is 5.82 Å². The Bertz CT molecular complexity index is 435. The molecule has 2 heterocycles. The topological polar surface area (TPSA) is 53.4 Å². The Labute approximate surface area is 101 Å². The Kier molecular flexibility index (Phi) is 3.05. The fraction of sp³-hybridized carbons (Fsp3) is 0.538. The molecule has 2 unspecified atom stereocenters. The van der Waals surface area contributed by atoms with E-state index in [2.05, 4.69) is 23.7 Å². The van der Waals surface area contributed by atoms with E-state index < -0.39 is 5.97 Å². The second kappa shape index (κ2) is 4.35. The van der Waals surface area contributed by atoms with Crippen LogP contribution in [0.3, 0.4) is 0 Å². The molecule has 17 heavy (non-hydrogen) atoms. The third-order valence-corrected chi connectivity index (χ3v) is 3.59. The van der Waals surface area contributed by atoms with Gasteiger partial charge in [-0.05, 0) is 30.4 Å². The second-order valence-corrected chi connectivity index (χ2v) is 5.03. The van der Waals surface area contributed by atoms with E-state index in [1.54, 1.807) is 6.07 Å². The van der Waals surface area contributed by atoms with Crippen LogP contribution in [0.15, 0.2) is 12.3 Å². The second-order valence-electron chi connectivity index (χ2n) is 5.03. The average Bonchev–Trinajstić information content (AvgIpc) is 2.58. The van der Waals surface area contributed by atoms with E-state index in [1.807, 2.05) is 6.92 Å². The van der Waals surface area contributed by atoms with Crippen LogP contribution in [-0.4, -0.2) is 29.1 Å². The molecule has 1 N–H and O–H groups in total. The van der Waals surface area contributed by atoms with Crippen molar-refractivity contribution < 1.29 is 9.90 Å². The van der Waals surface area contributed by atoms with Gasteiger partial charge in [-0.3, -0.25) is 0 Å². The molecule has 0 saturated carbocycles.